The fraction of sp³-hybridized carbons (Fsp3) is 0.367. The van der Waals surface area contributed by atoms with E-state index in [0.29, 0.717) is 12.2 Å². The normalized spacial score (nSPS) is 17.3. The average molecular weight is 515 g/mol. The van der Waals surface area contributed by atoms with Crippen molar-refractivity contribution in [3.05, 3.63) is 82.4 Å². The lowest BCUT2D eigenvalue weighted by molar-refractivity contribution is 0.0893. The highest BCUT2D eigenvalue weighted by atomic mass is 16.5. The maximum absolute atomic E-state index is 13.4. The Morgan fingerprint density at radius 2 is 1.84 bits per heavy atom. The first-order valence-electron chi connectivity index (χ1n) is 13.3. The lowest BCUT2D eigenvalue weighted by atomic mass is 9.92. The van der Waals surface area contributed by atoms with Crippen LogP contribution in [-0.2, 0) is 6.54 Å². The van der Waals surface area contributed by atoms with E-state index in [-0.39, 0.29) is 29.2 Å². The molecule has 8 heteroatoms. The van der Waals surface area contributed by atoms with Crippen molar-refractivity contribution in [2.24, 2.45) is 0 Å². The highest BCUT2D eigenvalue weighted by Crippen LogP contribution is 2.31. The van der Waals surface area contributed by atoms with Crippen molar-refractivity contribution in [3.8, 4) is 17.2 Å². The molecule has 0 aliphatic heterocycles. The summed E-state index contributed by atoms with van der Waals surface area (Å²) in [6, 6.07) is 17.1. The van der Waals surface area contributed by atoms with E-state index in [1.54, 1.807) is 18.0 Å². The molecule has 0 radical (unpaired) electrons. The summed E-state index contributed by atoms with van der Waals surface area (Å²) in [7, 11) is 1.64. The SMILES string of the molecule is CCCn1c(C)c(C(=O)NC2CCC(Oc3ccnc4cc(OC)ccc34)CC2)c(=O)n1-c1ccccc1. The van der Waals surface area contributed by atoms with E-state index in [4.69, 9.17) is 9.47 Å². The van der Waals surface area contributed by atoms with Crippen molar-refractivity contribution < 1.29 is 14.3 Å². The molecule has 1 saturated carbocycles. The molecule has 0 saturated heterocycles. The molecule has 38 heavy (non-hydrogen) atoms. The molecule has 0 spiro atoms. The smallest absolute Gasteiger partial charge is 0.284 e. The molecule has 4 aromatic rings. The Labute approximate surface area is 222 Å². The molecule has 1 aliphatic rings. The number of hydrogen-bond donors (Lipinski definition) is 1. The second kappa shape index (κ2) is 11.1. The molecule has 0 bridgehead atoms. The monoisotopic (exact) mass is 514 g/mol. The molecule has 8 nitrogen and oxygen atoms in total. The summed E-state index contributed by atoms with van der Waals surface area (Å²) in [4.78, 5) is 31.2. The Morgan fingerprint density at radius 1 is 1.08 bits per heavy atom. The van der Waals surface area contributed by atoms with Gasteiger partial charge in [0.15, 0.2) is 0 Å². The topological polar surface area (TPSA) is 87.4 Å². The van der Waals surface area contributed by atoms with Gasteiger partial charge in [-0.3, -0.25) is 19.3 Å². The van der Waals surface area contributed by atoms with Crippen LogP contribution in [-0.4, -0.2) is 39.5 Å². The number of methoxy groups -OCH3 is 1. The Hall–Kier alpha value is -4.07. The van der Waals surface area contributed by atoms with Crippen molar-refractivity contribution in [3.63, 3.8) is 0 Å². The third-order valence-electron chi connectivity index (χ3n) is 7.27. The van der Waals surface area contributed by atoms with Crippen LogP contribution in [0, 0.1) is 6.92 Å². The molecule has 0 atom stereocenters. The van der Waals surface area contributed by atoms with Crippen LogP contribution in [0.25, 0.3) is 16.6 Å². The minimum atomic E-state index is -0.300. The molecule has 2 heterocycles. The molecule has 1 N–H and O–H groups in total. The zero-order chi connectivity index (χ0) is 26.6. The number of fused-ring (bicyclic) bond motifs is 1. The molecule has 0 unspecified atom stereocenters. The molecule has 198 valence electrons. The number of carbonyl (C=O) groups is 1. The van der Waals surface area contributed by atoms with Crippen LogP contribution >= 0.6 is 0 Å². The third-order valence-corrected chi connectivity index (χ3v) is 7.27. The van der Waals surface area contributed by atoms with E-state index in [2.05, 4.69) is 17.2 Å². The Bertz CT molecular complexity index is 1480. The Balaban J connectivity index is 1.26. The number of para-hydroxylation sites is 1. The van der Waals surface area contributed by atoms with Gasteiger partial charge in [-0.25, -0.2) is 4.68 Å². The molecule has 2 aromatic heterocycles. The highest BCUT2D eigenvalue weighted by molar-refractivity contribution is 5.95. The summed E-state index contributed by atoms with van der Waals surface area (Å²) in [5.74, 6) is 1.26. The summed E-state index contributed by atoms with van der Waals surface area (Å²) >= 11 is 0. The number of carbonyl (C=O) groups excluding carboxylic acids is 1. The van der Waals surface area contributed by atoms with E-state index >= 15 is 0 Å². The number of rotatable bonds is 8. The number of hydrogen-bond acceptors (Lipinski definition) is 5. The first-order valence-corrected chi connectivity index (χ1v) is 13.3. The van der Waals surface area contributed by atoms with Gasteiger partial charge in [0.25, 0.3) is 11.5 Å². The number of aromatic nitrogens is 3. The zero-order valence-electron chi connectivity index (χ0n) is 22.1. The van der Waals surface area contributed by atoms with E-state index in [9.17, 15) is 9.59 Å². The second-order valence-electron chi connectivity index (χ2n) is 9.79. The summed E-state index contributed by atoms with van der Waals surface area (Å²) in [5.41, 5.74) is 2.22. The fourth-order valence-corrected chi connectivity index (χ4v) is 5.31. The van der Waals surface area contributed by atoms with Crippen molar-refractivity contribution in [1.82, 2.24) is 19.7 Å². The number of nitrogens with zero attached hydrogens (tertiary/aromatic N) is 3. The number of ether oxygens (including phenoxy) is 2. The quantitative estimate of drug-likeness (QED) is 0.356. The lowest BCUT2D eigenvalue weighted by Crippen LogP contribution is -2.41. The van der Waals surface area contributed by atoms with Crippen molar-refractivity contribution >= 4 is 16.8 Å². The number of nitrogens with one attached hydrogen (secondary N) is 1. The number of amides is 1. The van der Waals surface area contributed by atoms with Crippen LogP contribution in [0.3, 0.4) is 0 Å². The zero-order valence-corrected chi connectivity index (χ0v) is 22.1. The Morgan fingerprint density at radius 3 is 2.55 bits per heavy atom. The van der Waals surface area contributed by atoms with Crippen molar-refractivity contribution in [1.29, 1.82) is 0 Å². The van der Waals surface area contributed by atoms with Crippen LogP contribution in [0.1, 0.15) is 55.1 Å². The maximum Gasteiger partial charge on any atom is 0.284 e. The van der Waals surface area contributed by atoms with E-state index in [1.807, 2.05) is 66.2 Å². The molecule has 2 aromatic carbocycles. The second-order valence-corrected chi connectivity index (χ2v) is 9.79. The minimum absolute atomic E-state index is 0.000652. The lowest BCUT2D eigenvalue weighted by Gasteiger charge is -2.29. The molecule has 1 amide bonds. The molecular weight excluding hydrogens is 480 g/mol. The summed E-state index contributed by atoms with van der Waals surface area (Å²) in [6.45, 7) is 4.57. The maximum atomic E-state index is 13.4. The molecule has 1 fully saturated rings. The van der Waals surface area contributed by atoms with Crippen LogP contribution in [0.15, 0.2) is 65.6 Å². The van der Waals surface area contributed by atoms with E-state index in [0.717, 1.165) is 60.2 Å². The standard InChI is InChI=1S/C30H34N4O4/c1-4-18-33-20(2)28(30(36)34(33)22-8-6-5-7-9-22)29(35)32-21-10-12-23(13-11-21)38-27-16-17-31-26-19-24(37-3)14-15-25(26)27/h5-9,14-17,19,21,23H,4,10-13,18H2,1-3H3,(H,32,35). The summed E-state index contributed by atoms with van der Waals surface area (Å²) in [5, 5.41) is 4.08. The van der Waals surface area contributed by atoms with Gasteiger partial charge in [0.2, 0.25) is 0 Å². The van der Waals surface area contributed by atoms with Crippen molar-refractivity contribution in [2.75, 3.05) is 7.11 Å². The Kier molecular flexibility index (Phi) is 7.49. The highest BCUT2D eigenvalue weighted by Gasteiger charge is 2.28. The summed E-state index contributed by atoms with van der Waals surface area (Å²) < 4.78 is 15.2. The van der Waals surface area contributed by atoms with Crippen molar-refractivity contribution in [2.45, 2.75) is 64.6 Å². The largest absolute Gasteiger partial charge is 0.497 e. The minimum Gasteiger partial charge on any atom is -0.497 e. The van der Waals surface area contributed by atoms with Gasteiger partial charge in [-0.1, -0.05) is 25.1 Å². The molecular formula is C30H34N4O4. The average Bonchev–Trinajstić information content (AvgIpc) is 3.19. The van der Waals surface area contributed by atoms with Crippen LogP contribution in [0.5, 0.6) is 11.5 Å². The van der Waals surface area contributed by atoms with E-state index in [1.165, 1.54) is 0 Å². The van der Waals surface area contributed by atoms with Gasteiger partial charge in [0.1, 0.15) is 17.1 Å². The third kappa shape index (κ3) is 5.03. The van der Waals surface area contributed by atoms with Crippen LogP contribution in [0.4, 0.5) is 0 Å². The van der Waals surface area contributed by atoms with Gasteiger partial charge < -0.3 is 14.8 Å². The number of pyridine rings is 1. The first kappa shape index (κ1) is 25.6. The van der Waals surface area contributed by atoms with Gasteiger partial charge >= 0.3 is 0 Å². The molecule has 5 rings (SSSR count). The first-order chi connectivity index (χ1) is 18.5. The molecule has 1 aliphatic carbocycles. The predicted molar refractivity (Wildman–Crippen MR) is 147 cm³/mol. The van der Waals surface area contributed by atoms with E-state index < -0.39 is 0 Å². The van der Waals surface area contributed by atoms with Gasteiger partial charge in [0.05, 0.1) is 30.1 Å². The predicted octanol–water partition coefficient (Wildman–Crippen LogP) is 5.03. The fourth-order valence-electron chi connectivity index (χ4n) is 5.31. The van der Waals surface area contributed by atoms with Gasteiger partial charge in [0, 0.05) is 30.2 Å². The van der Waals surface area contributed by atoms with Gasteiger partial charge in [-0.15, -0.1) is 0 Å². The summed E-state index contributed by atoms with van der Waals surface area (Å²) in [6.07, 6.45) is 5.86. The van der Waals surface area contributed by atoms with Gasteiger partial charge in [-0.2, -0.15) is 0 Å². The van der Waals surface area contributed by atoms with Crippen LogP contribution < -0.4 is 20.3 Å². The van der Waals surface area contributed by atoms with Crippen LogP contribution in [0.2, 0.25) is 0 Å². The number of benzene rings is 2. The van der Waals surface area contributed by atoms with Gasteiger partial charge in [-0.05, 0) is 69.4 Å².